The highest BCUT2D eigenvalue weighted by molar-refractivity contribution is 6.11. The van der Waals surface area contributed by atoms with Gasteiger partial charge in [-0.2, -0.15) is 0 Å². The summed E-state index contributed by atoms with van der Waals surface area (Å²) in [5.74, 6) is 0.583. The van der Waals surface area contributed by atoms with Gasteiger partial charge in [-0.05, 0) is 48.5 Å². The van der Waals surface area contributed by atoms with Crippen molar-refractivity contribution in [2.24, 2.45) is 0 Å². The SMILES string of the molecule is COc1ccc(C(=O)N/C(=C\c2ccco2)C(=O)Nc2ccccc2OC)cc1. The molecule has 0 aliphatic rings. The maximum absolute atomic E-state index is 12.9. The Bertz CT molecular complexity index is 1010. The van der Waals surface area contributed by atoms with Crippen molar-refractivity contribution >= 4 is 23.6 Å². The van der Waals surface area contributed by atoms with Crippen molar-refractivity contribution in [3.63, 3.8) is 0 Å². The summed E-state index contributed by atoms with van der Waals surface area (Å²) in [5, 5.41) is 5.38. The van der Waals surface area contributed by atoms with Crippen LogP contribution in [0.15, 0.2) is 77.0 Å². The third-order valence-corrected chi connectivity index (χ3v) is 4.03. The molecule has 2 N–H and O–H groups in total. The molecule has 7 nitrogen and oxygen atoms in total. The lowest BCUT2D eigenvalue weighted by Gasteiger charge is -2.13. The number of ether oxygens (including phenoxy) is 2. The normalized spacial score (nSPS) is 10.9. The molecule has 0 saturated carbocycles. The minimum Gasteiger partial charge on any atom is -0.497 e. The Kier molecular flexibility index (Phi) is 6.32. The molecule has 0 unspecified atom stereocenters. The predicted octanol–water partition coefficient (Wildman–Crippen LogP) is 3.71. The lowest BCUT2D eigenvalue weighted by molar-refractivity contribution is -0.113. The number of benzene rings is 2. The topological polar surface area (TPSA) is 89.8 Å². The molecule has 2 amide bonds. The molecule has 1 aromatic heterocycles. The Morgan fingerprint density at radius 1 is 0.931 bits per heavy atom. The van der Waals surface area contributed by atoms with Crippen LogP contribution in [-0.2, 0) is 4.79 Å². The molecular weight excluding hydrogens is 372 g/mol. The molecule has 148 valence electrons. The molecule has 0 aliphatic carbocycles. The highest BCUT2D eigenvalue weighted by Crippen LogP contribution is 2.23. The van der Waals surface area contributed by atoms with E-state index in [-0.39, 0.29) is 5.70 Å². The van der Waals surface area contributed by atoms with E-state index < -0.39 is 11.8 Å². The van der Waals surface area contributed by atoms with Gasteiger partial charge < -0.3 is 24.5 Å². The molecule has 1 heterocycles. The van der Waals surface area contributed by atoms with Crippen LogP contribution in [-0.4, -0.2) is 26.0 Å². The fourth-order valence-corrected chi connectivity index (χ4v) is 2.55. The van der Waals surface area contributed by atoms with Crippen LogP contribution in [0, 0.1) is 0 Å². The van der Waals surface area contributed by atoms with Crippen LogP contribution in [0.3, 0.4) is 0 Å². The summed E-state index contributed by atoms with van der Waals surface area (Å²) in [6, 6.07) is 16.9. The molecule has 0 aliphatic heterocycles. The number of hydrogen-bond acceptors (Lipinski definition) is 5. The number of anilines is 1. The first-order chi connectivity index (χ1) is 14.1. The summed E-state index contributed by atoms with van der Waals surface area (Å²) in [4.78, 5) is 25.5. The maximum atomic E-state index is 12.9. The molecule has 0 atom stereocenters. The van der Waals surface area contributed by atoms with Crippen LogP contribution in [0.1, 0.15) is 16.1 Å². The van der Waals surface area contributed by atoms with Crippen molar-refractivity contribution < 1.29 is 23.5 Å². The quantitative estimate of drug-likeness (QED) is 0.599. The molecule has 0 spiro atoms. The summed E-state index contributed by atoms with van der Waals surface area (Å²) >= 11 is 0. The van der Waals surface area contributed by atoms with Crippen LogP contribution >= 0.6 is 0 Å². The molecule has 29 heavy (non-hydrogen) atoms. The predicted molar refractivity (Wildman–Crippen MR) is 109 cm³/mol. The summed E-state index contributed by atoms with van der Waals surface area (Å²) in [6.07, 6.45) is 2.93. The van der Waals surface area contributed by atoms with Crippen LogP contribution < -0.4 is 20.1 Å². The van der Waals surface area contributed by atoms with E-state index >= 15 is 0 Å². The molecule has 0 saturated heterocycles. The zero-order valence-corrected chi connectivity index (χ0v) is 16.0. The zero-order chi connectivity index (χ0) is 20.6. The molecule has 0 fully saturated rings. The second kappa shape index (κ2) is 9.27. The van der Waals surface area contributed by atoms with Gasteiger partial charge in [-0.3, -0.25) is 9.59 Å². The van der Waals surface area contributed by atoms with Gasteiger partial charge in [-0.25, -0.2) is 0 Å². The van der Waals surface area contributed by atoms with Crippen LogP contribution in [0.5, 0.6) is 11.5 Å². The molecule has 3 rings (SSSR count). The number of carbonyl (C=O) groups is 2. The van der Waals surface area contributed by atoms with E-state index in [9.17, 15) is 9.59 Å². The number of methoxy groups -OCH3 is 2. The number of carbonyl (C=O) groups excluding carboxylic acids is 2. The van der Waals surface area contributed by atoms with E-state index in [1.807, 2.05) is 0 Å². The van der Waals surface area contributed by atoms with Gasteiger partial charge in [0.1, 0.15) is 23.0 Å². The van der Waals surface area contributed by atoms with Gasteiger partial charge >= 0.3 is 0 Å². The maximum Gasteiger partial charge on any atom is 0.272 e. The van der Waals surface area contributed by atoms with E-state index in [1.165, 1.54) is 19.4 Å². The monoisotopic (exact) mass is 392 g/mol. The van der Waals surface area contributed by atoms with Crippen molar-refractivity contribution in [3.05, 3.63) is 83.9 Å². The second-order valence-electron chi connectivity index (χ2n) is 5.91. The summed E-state index contributed by atoms with van der Waals surface area (Å²) in [6.45, 7) is 0. The van der Waals surface area contributed by atoms with E-state index in [4.69, 9.17) is 13.9 Å². The molecule has 0 radical (unpaired) electrons. The lowest BCUT2D eigenvalue weighted by Crippen LogP contribution is -2.30. The summed E-state index contributed by atoms with van der Waals surface area (Å²) < 4.78 is 15.6. The van der Waals surface area contributed by atoms with Crippen molar-refractivity contribution in [1.29, 1.82) is 0 Å². The molecule has 7 heteroatoms. The molecule has 2 aromatic carbocycles. The lowest BCUT2D eigenvalue weighted by atomic mass is 10.2. The Hall–Kier alpha value is -4.00. The largest absolute Gasteiger partial charge is 0.497 e. The summed E-state index contributed by atoms with van der Waals surface area (Å²) in [7, 11) is 3.05. The van der Waals surface area contributed by atoms with Crippen LogP contribution in [0.4, 0.5) is 5.69 Å². The average molecular weight is 392 g/mol. The van der Waals surface area contributed by atoms with Crippen molar-refractivity contribution in [1.82, 2.24) is 5.32 Å². The number of nitrogens with one attached hydrogen (secondary N) is 2. The molecular formula is C22H20N2O5. The van der Waals surface area contributed by atoms with Crippen molar-refractivity contribution in [2.75, 3.05) is 19.5 Å². The number of hydrogen-bond donors (Lipinski definition) is 2. The second-order valence-corrected chi connectivity index (χ2v) is 5.91. The number of rotatable bonds is 7. The highest BCUT2D eigenvalue weighted by atomic mass is 16.5. The van der Waals surface area contributed by atoms with Gasteiger partial charge in [-0.15, -0.1) is 0 Å². The Labute approximate surface area is 167 Å². The first kappa shape index (κ1) is 19.8. The Morgan fingerprint density at radius 2 is 1.69 bits per heavy atom. The van der Waals surface area contributed by atoms with Gasteiger partial charge in [-0.1, -0.05) is 12.1 Å². The first-order valence-electron chi connectivity index (χ1n) is 8.75. The standard InChI is InChI=1S/C22H20N2O5/c1-27-16-11-9-15(10-12-16)21(25)24-19(14-17-6-5-13-29-17)22(26)23-18-7-3-4-8-20(18)28-2/h3-14H,1-2H3,(H,23,26)(H,24,25)/b19-14-. The number of furan rings is 1. The van der Waals surface area contributed by atoms with E-state index in [2.05, 4.69) is 10.6 Å². The number of para-hydroxylation sites is 2. The minimum atomic E-state index is -0.521. The van der Waals surface area contributed by atoms with Crippen molar-refractivity contribution in [3.8, 4) is 11.5 Å². The first-order valence-corrected chi connectivity index (χ1v) is 8.75. The highest BCUT2D eigenvalue weighted by Gasteiger charge is 2.17. The van der Waals surface area contributed by atoms with Gasteiger partial charge in [0.25, 0.3) is 11.8 Å². The van der Waals surface area contributed by atoms with Gasteiger partial charge in [0.15, 0.2) is 0 Å². The summed E-state index contributed by atoms with van der Waals surface area (Å²) in [5.41, 5.74) is 0.872. The third-order valence-electron chi connectivity index (χ3n) is 4.03. The molecule has 0 bridgehead atoms. The van der Waals surface area contributed by atoms with E-state index in [0.717, 1.165) is 0 Å². The van der Waals surface area contributed by atoms with E-state index in [0.29, 0.717) is 28.5 Å². The van der Waals surface area contributed by atoms with Crippen molar-refractivity contribution in [2.45, 2.75) is 0 Å². The third kappa shape index (κ3) is 5.04. The van der Waals surface area contributed by atoms with Crippen LogP contribution in [0.2, 0.25) is 0 Å². The zero-order valence-electron chi connectivity index (χ0n) is 16.0. The fourth-order valence-electron chi connectivity index (χ4n) is 2.55. The average Bonchev–Trinajstić information content (AvgIpc) is 3.26. The van der Waals surface area contributed by atoms with Gasteiger partial charge in [0, 0.05) is 11.6 Å². The van der Waals surface area contributed by atoms with Gasteiger partial charge in [0.05, 0.1) is 26.2 Å². The smallest absolute Gasteiger partial charge is 0.272 e. The Balaban J connectivity index is 1.84. The Morgan fingerprint density at radius 3 is 2.34 bits per heavy atom. The fraction of sp³-hybridized carbons (Fsp3) is 0.0909. The number of amides is 2. The molecule has 3 aromatic rings. The van der Waals surface area contributed by atoms with E-state index in [1.54, 1.807) is 67.8 Å². The van der Waals surface area contributed by atoms with Gasteiger partial charge in [0.2, 0.25) is 0 Å². The minimum absolute atomic E-state index is 0.0201. The van der Waals surface area contributed by atoms with Crippen LogP contribution in [0.25, 0.3) is 6.08 Å².